The van der Waals surface area contributed by atoms with E-state index in [4.69, 9.17) is 0 Å². The van der Waals surface area contributed by atoms with Crippen LogP contribution < -0.4 is 0 Å². The summed E-state index contributed by atoms with van der Waals surface area (Å²) in [5.74, 6) is 0.494. The number of hydrogen-bond donors (Lipinski definition) is 0. The van der Waals surface area contributed by atoms with Crippen LogP contribution in [0.3, 0.4) is 0 Å². The zero-order valence-corrected chi connectivity index (χ0v) is 13.0. The summed E-state index contributed by atoms with van der Waals surface area (Å²) in [7, 11) is 0. The molecule has 23 heavy (non-hydrogen) atoms. The molecule has 3 rings (SSSR count). The van der Waals surface area contributed by atoms with E-state index in [0.29, 0.717) is 16.0 Å². The fourth-order valence-electron chi connectivity index (χ4n) is 1.96. The first-order chi connectivity index (χ1) is 11.1. The number of benzene rings is 1. The third-order valence-electron chi connectivity index (χ3n) is 3.09. The summed E-state index contributed by atoms with van der Waals surface area (Å²) in [5.41, 5.74) is 0.963. The number of nitrogens with zero attached hydrogens (tertiary/aromatic N) is 6. The van der Waals surface area contributed by atoms with E-state index in [2.05, 4.69) is 20.2 Å². The zero-order valence-electron chi connectivity index (χ0n) is 12.2. The Morgan fingerprint density at radius 3 is 2.87 bits per heavy atom. The fourth-order valence-corrected chi connectivity index (χ4v) is 2.64. The molecule has 0 spiro atoms. The van der Waals surface area contributed by atoms with Gasteiger partial charge in [-0.1, -0.05) is 41.7 Å². The molecule has 0 N–H and O–H groups in total. The van der Waals surface area contributed by atoms with Crippen molar-refractivity contribution in [3.8, 4) is 0 Å². The van der Waals surface area contributed by atoms with Crippen molar-refractivity contribution in [3.05, 3.63) is 63.0 Å². The van der Waals surface area contributed by atoms with Crippen molar-refractivity contribution in [1.29, 1.82) is 0 Å². The third-order valence-corrected chi connectivity index (χ3v) is 3.91. The van der Waals surface area contributed by atoms with Crippen molar-refractivity contribution in [3.63, 3.8) is 0 Å². The smallest absolute Gasteiger partial charge is 0.343 e. The van der Waals surface area contributed by atoms with Crippen molar-refractivity contribution >= 4 is 28.5 Å². The van der Waals surface area contributed by atoms with Gasteiger partial charge in [0.15, 0.2) is 10.8 Å². The largest absolute Gasteiger partial charge is 0.358 e. The molecule has 116 valence electrons. The Morgan fingerprint density at radius 1 is 1.35 bits per heavy atom. The Balaban J connectivity index is 1.77. The molecule has 9 heteroatoms. The summed E-state index contributed by atoms with van der Waals surface area (Å²) in [6.07, 6.45) is 2.94. The fraction of sp³-hybridized carbons (Fsp3) is 0.143. The summed E-state index contributed by atoms with van der Waals surface area (Å²) >= 11 is 1.29. The maximum Gasteiger partial charge on any atom is 0.343 e. The molecule has 0 saturated heterocycles. The molecule has 0 aliphatic rings. The second kappa shape index (κ2) is 6.44. The van der Waals surface area contributed by atoms with E-state index in [1.807, 2.05) is 30.3 Å². The van der Waals surface area contributed by atoms with Gasteiger partial charge in [0.05, 0.1) is 0 Å². The number of aryl methyl sites for hydroxylation is 1. The molecular weight excluding hydrogens is 316 g/mol. The minimum Gasteiger partial charge on any atom is -0.358 e. The van der Waals surface area contributed by atoms with Gasteiger partial charge in [-0.15, -0.1) is 10.2 Å². The maximum atomic E-state index is 11.0. The van der Waals surface area contributed by atoms with Crippen LogP contribution in [0.25, 0.3) is 0 Å². The van der Waals surface area contributed by atoms with Crippen molar-refractivity contribution in [2.45, 2.75) is 13.5 Å². The molecule has 2 aromatic heterocycles. The lowest BCUT2D eigenvalue weighted by molar-refractivity contribution is -0.392. The second-order valence-corrected chi connectivity index (χ2v) is 5.69. The number of imidazole rings is 1. The zero-order chi connectivity index (χ0) is 16.2. The molecule has 2 heterocycles. The Labute approximate surface area is 135 Å². The number of aliphatic imine (C=N–C) groups is 1. The highest BCUT2D eigenvalue weighted by Gasteiger charge is 2.19. The standard InChI is InChI=1S/C14H12N6O2S/c1-10-15-8-13(20(21)22)19(10)9-12-17-18-14(23-12)16-7-11-5-3-2-4-6-11/h2-8H,9H2,1H3. The maximum absolute atomic E-state index is 11.0. The van der Waals surface area contributed by atoms with Crippen molar-refractivity contribution in [1.82, 2.24) is 19.7 Å². The highest BCUT2D eigenvalue weighted by atomic mass is 32.1. The Morgan fingerprint density at radius 2 is 2.13 bits per heavy atom. The monoisotopic (exact) mass is 328 g/mol. The number of nitro groups is 1. The number of hydrogen-bond acceptors (Lipinski definition) is 7. The Hall–Kier alpha value is -2.94. The van der Waals surface area contributed by atoms with Crippen LogP contribution in [0.1, 0.15) is 16.4 Å². The molecular formula is C14H12N6O2S. The molecule has 1 aromatic carbocycles. The molecule has 0 atom stereocenters. The van der Waals surface area contributed by atoms with Crippen molar-refractivity contribution in [2.24, 2.45) is 4.99 Å². The summed E-state index contributed by atoms with van der Waals surface area (Å²) in [5, 5.41) is 20.1. The van der Waals surface area contributed by atoms with Crippen LogP contribution in [0.2, 0.25) is 0 Å². The lowest BCUT2D eigenvalue weighted by atomic mass is 10.2. The first-order valence-electron chi connectivity index (χ1n) is 6.71. The van der Waals surface area contributed by atoms with Crippen LogP contribution in [-0.2, 0) is 6.54 Å². The third kappa shape index (κ3) is 3.46. The van der Waals surface area contributed by atoms with E-state index >= 15 is 0 Å². The molecule has 0 saturated carbocycles. The first kappa shape index (κ1) is 15.0. The Kier molecular flexibility index (Phi) is 4.20. The van der Waals surface area contributed by atoms with Crippen LogP contribution in [0.15, 0.2) is 41.5 Å². The van der Waals surface area contributed by atoms with Gasteiger partial charge in [-0.05, 0) is 10.5 Å². The van der Waals surface area contributed by atoms with Crippen LogP contribution in [0, 0.1) is 17.0 Å². The highest BCUT2D eigenvalue weighted by molar-refractivity contribution is 7.14. The molecule has 0 aliphatic carbocycles. The number of aromatic nitrogens is 4. The van der Waals surface area contributed by atoms with E-state index in [0.717, 1.165) is 5.56 Å². The molecule has 0 radical (unpaired) electrons. The average molecular weight is 328 g/mol. The minimum absolute atomic E-state index is 0.0629. The van der Waals surface area contributed by atoms with Crippen LogP contribution in [0.5, 0.6) is 0 Å². The SMILES string of the molecule is Cc1ncc([N+](=O)[O-])n1Cc1nnc(N=Cc2ccccc2)s1. The van der Waals surface area contributed by atoms with Gasteiger partial charge in [-0.3, -0.25) is 0 Å². The summed E-state index contributed by atoms with van der Waals surface area (Å²) in [6.45, 7) is 1.96. The highest BCUT2D eigenvalue weighted by Crippen LogP contribution is 2.22. The molecule has 0 bridgehead atoms. The van der Waals surface area contributed by atoms with Crippen LogP contribution >= 0.6 is 11.3 Å². The van der Waals surface area contributed by atoms with Gasteiger partial charge < -0.3 is 10.1 Å². The molecule has 0 unspecified atom stereocenters. The van der Waals surface area contributed by atoms with E-state index < -0.39 is 4.92 Å². The van der Waals surface area contributed by atoms with Gasteiger partial charge >= 0.3 is 5.82 Å². The Bertz CT molecular complexity index is 855. The predicted molar refractivity (Wildman–Crippen MR) is 86.3 cm³/mol. The predicted octanol–water partition coefficient (Wildman–Crippen LogP) is 2.75. The van der Waals surface area contributed by atoms with Gasteiger partial charge in [0.25, 0.3) is 0 Å². The lowest BCUT2D eigenvalue weighted by Gasteiger charge is -1.99. The quantitative estimate of drug-likeness (QED) is 0.407. The second-order valence-electron chi connectivity index (χ2n) is 4.65. The number of rotatable bonds is 5. The lowest BCUT2D eigenvalue weighted by Crippen LogP contribution is -2.05. The normalized spacial score (nSPS) is 11.2. The summed E-state index contributed by atoms with van der Waals surface area (Å²) in [4.78, 5) is 18.7. The van der Waals surface area contributed by atoms with E-state index in [-0.39, 0.29) is 12.4 Å². The van der Waals surface area contributed by atoms with E-state index in [1.165, 1.54) is 22.1 Å². The van der Waals surface area contributed by atoms with Gasteiger partial charge in [-0.25, -0.2) is 14.5 Å². The van der Waals surface area contributed by atoms with Crippen molar-refractivity contribution in [2.75, 3.05) is 0 Å². The minimum atomic E-state index is -0.463. The van der Waals surface area contributed by atoms with Crippen LogP contribution in [-0.4, -0.2) is 30.9 Å². The van der Waals surface area contributed by atoms with Gasteiger partial charge in [0.2, 0.25) is 5.13 Å². The topological polar surface area (TPSA) is 99.1 Å². The van der Waals surface area contributed by atoms with Gasteiger partial charge in [0, 0.05) is 13.1 Å². The van der Waals surface area contributed by atoms with Crippen molar-refractivity contribution < 1.29 is 4.92 Å². The molecule has 3 aromatic rings. The van der Waals surface area contributed by atoms with E-state index in [1.54, 1.807) is 13.1 Å². The summed E-state index contributed by atoms with van der Waals surface area (Å²) < 4.78 is 1.49. The average Bonchev–Trinajstić information content (AvgIpc) is 3.14. The molecule has 8 nitrogen and oxygen atoms in total. The summed E-state index contributed by atoms with van der Waals surface area (Å²) in [6, 6.07) is 9.65. The van der Waals surface area contributed by atoms with Gasteiger partial charge in [0.1, 0.15) is 12.7 Å². The molecule has 0 amide bonds. The van der Waals surface area contributed by atoms with E-state index in [9.17, 15) is 10.1 Å². The van der Waals surface area contributed by atoms with Gasteiger partial charge in [-0.2, -0.15) is 0 Å². The van der Waals surface area contributed by atoms with Crippen LogP contribution in [0.4, 0.5) is 10.9 Å². The first-order valence-corrected chi connectivity index (χ1v) is 7.53. The molecule has 0 fully saturated rings. The molecule has 0 aliphatic heterocycles.